The van der Waals surface area contributed by atoms with Crippen LogP contribution in [0.1, 0.15) is 42.1 Å². The van der Waals surface area contributed by atoms with Crippen LogP contribution in [0.25, 0.3) is 0 Å². The molecule has 1 saturated heterocycles. The predicted molar refractivity (Wildman–Crippen MR) is 114 cm³/mol. The Labute approximate surface area is 173 Å². The molecule has 0 aromatic heterocycles. The average Bonchev–Trinajstić information content (AvgIpc) is 2.77. The Morgan fingerprint density at radius 1 is 1.17 bits per heavy atom. The van der Waals surface area contributed by atoms with Crippen LogP contribution in [0.2, 0.25) is 0 Å². The molecule has 1 heterocycles. The lowest BCUT2D eigenvalue weighted by Crippen LogP contribution is -2.53. The van der Waals surface area contributed by atoms with E-state index in [2.05, 4.69) is 41.8 Å². The molecular formula is C24H32N2O3. The van der Waals surface area contributed by atoms with E-state index in [1.165, 1.54) is 11.1 Å². The third-order valence-electron chi connectivity index (χ3n) is 5.84. The van der Waals surface area contributed by atoms with Gasteiger partial charge < -0.3 is 20.8 Å². The number of aliphatic hydroxyl groups is 2. The summed E-state index contributed by atoms with van der Waals surface area (Å²) < 4.78 is 0. The largest absolute Gasteiger partial charge is 0.394 e. The van der Waals surface area contributed by atoms with Crippen molar-refractivity contribution < 1.29 is 15.0 Å². The second-order valence-electron chi connectivity index (χ2n) is 8.07. The van der Waals surface area contributed by atoms with Gasteiger partial charge in [0.25, 0.3) is 0 Å². The van der Waals surface area contributed by atoms with Gasteiger partial charge in [-0.2, -0.15) is 0 Å². The van der Waals surface area contributed by atoms with Crippen LogP contribution in [0.15, 0.2) is 54.6 Å². The summed E-state index contributed by atoms with van der Waals surface area (Å²) in [6.07, 6.45) is 2.98. The first-order chi connectivity index (χ1) is 14.1. The second kappa shape index (κ2) is 10.5. The van der Waals surface area contributed by atoms with Gasteiger partial charge in [-0.15, -0.1) is 0 Å². The molecule has 156 valence electrons. The van der Waals surface area contributed by atoms with Crippen LogP contribution in [0.4, 0.5) is 0 Å². The summed E-state index contributed by atoms with van der Waals surface area (Å²) >= 11 is 0. The Morgan fingerprint density at radius 3 is 2.59 bits per heavy atom. The van der Waals surface area contributed by atoms with Crippen molar-refractivity contribution in [3.63, 3.8) is 0 Å². The van der Waals surface area contributed by atoms with E-state index in [1.807, 2.05) is 18.2 Å². The van der Waals surface area contributed by atoms with Gasteiger partial charge in [0.05, 0.1) is 18.7 Å². The van der Waals surface area contributed by atoms with Crippen molar-refractivity contribution in [2.45, 2.75) is 50.8 Å². The molecule has 0 radical (unpaired) electrons. The molecular weight excluding hydrogens is 364 g/mol. The fourth-order valence-electron chi connectivity index (χ4n) is 3.97. The number of hydrogen-bond donors (Lipinski definition) is 4. The van der Waals surface area contributed by atoms with E-state index in [4.69, 9.17) is 0 Å². The first-order valence-electron chi connectivity index (χ1n) is 10.5. The molecule has 4 N–H and O–H groups in total. The van der Waals surface area contributed by atoms with Crippen molar-refractivity contribution in [1.82, 2.24) is 10.6 Å². The van der Waals surface area contributed by atoms with E-state index >= 15 is 0 Å². The minimum absolute atomic E-state index is 0.154. The maximum Gasteiger partial charge on any atom is 0.237 e. The molecule has 2 aromatic carbocycles. The Kier molecular flexibility index (Phi) is 7.81. The highest BCUT2D eigenvalue weighted by atomic mass is 16.3. The molecule has 2 aromatic rings. The van der Waals surface area contributed by atoms with Crippen molar-refractivity contribution in [1.29, 1.82) is 0 Å². The molecule has 5 heteroatoms. The van der Waals surface area contributed by atoms with Crippen molar-refractivity contribution in [3.8, 4) is 0 Å². The molecule has 3 rings (SSSR count). The second-order valence-corrected chi connectivity index (χ2v) is 8.07. The van der Waals surface area contributed by atoms with Gasteiger partial charge in [-0.1, -0.05) is 60.2 Å². The third-order valence-corrected chi connectivity index (χ3v) is 5.84. The van der Waals surface area contributed by atoms with Crippen LogP contribution >= 0.6 is 0 Å². The number of hydrogen-bond acceptors (Lipinski definition) is 4. The average molecular weight is 397 g/mol. The van der Waals surface area contributed by atoms with Gasteiger partial charge in [0.15, 0.2) is 0 Å². The first-order valence-corrected chi connectivity index (χ1v) is 10.5. The lowest BCUT2D eigenvalue weighted by Gasteiger charge is -2.31. The maximum atomic E-state index is 12.8. The minimum Gasteiger partial charge on any atom is -0.394 e. The van der Waals surface area contributed by atoms with Crippen molar-refractivity contribution in [2.75, 3.05) is 13.2 Å². The van der Waals surface area contributed by atoms with Gasteiger partial charge in [-0.05, 0) is 56.2 Å². The maximum absolute atomic E-state index is 12.8. The molecule has 0 aliphatic carbocycles. The summed E-state index contributed by atoms with van der Waals surface area (Å²) in [5.74, 6) is 0.332. The fraction of sp³-hybridized carbons (Fsp3) is 0.458. The van der Waals surface area contributed by atoms with E-state index in [0.29, 0.717) is 11.5 Å². The van der Waals surface area contributed by atoms with Gasteiger partial charge >= 0.3 is 0 Å². The molecule has 5 nitrogen and oxygen atoms in total. The molecule has 1 aliphatic heterocycles. The van der Waals surface area contributed by atoms with Gasteiger partial charge in [0.2, 0.25) is 5.91 Å². The highest BCUT2D eigenvalue weighted by Gasteiger charge is 2.30. The van der Waals surface area contributed by atoms with Crippen LogP contribution in [0.3, 0.4) is 0 Å². The van der Waals surface area contributed by atoms with Crippen molar-refractivity contribution in [2.24, 2.45) is 5.92 Å². The third kappa shape index (κ3) is 6.13. The molecule has 4 unspecified atom stereocenters. The topological polar surface area (TPSA) is 81.6 Å². The Morgan fingerprint density at radius 2 is 1.90 bits per heavy atom. The Hall–Kier alpha value is -2.21. The summed E-state index contributed by atoms with van der Waals surface area (Å²) in [6.45, 7) is 2.58. The normalized spacial score (nSPS) is 21.3. The number of nitrogens with one attached hydrogen (secondary N) is 2. The van der Waals surface area contributed by atoms with Crippen molar-refractivity contribution in [3.05, 3.63) is 71.3 Å². The van der Waals surface area contributed by atoms with Crippen LogP contribution in [-0.2, 0) is 11.2 Å². The van der Waals surface area contributed by atoms with Crippen LogP contribution in [0, 0.1) is 12.8 Å². The van der Waals surface area contributed by atoms with Crippen LogP contribution < -0.4 is 10.6 Å². The monoisotopic (exact) mass is 396 g/mol. The Bertz CT molecular complexity index is 763. The predicted octanol–water partition coefficient (Wildman–Crippen LogP) is 2.51. The van der Waals surface area contributed by atoms with E-state index < -0.39 is 12.1 Å². The summed E-state index contributed by atoms with van der Waals surface area (Å²) in [5.41, 5.74) is 3.28. The smallest absolute Gasteiger partial charge is 0.237 e. The number of benzene rings is 2. The summed E-state index contributed by atoms with van der Waals surface area (Å²) in [5, 5.41) is 26.3. The quantitative estimate of drug-likeness (QED) is 0.553. The highest BCUT2D eigenvalue weighted by Crippen LogP contribution is 2.23. The number of aliphatic hydroxyl groups excluding tert-OH is 2. The lowest BCUT2D eigenvalue weighted by molar-refractivity contribution is -0.126. The number of carbonyl (C=O) groups is 1. The summed E-state index contributed by atoms with van der Waals surface area (Å²) in [7, 11) is 0. The fourth-order valence-corrected chi connectivity index (χ4v) is 3.97. The molecule has 0 spiro atoms. The van der Waals surface area contributed by atoms with Gasteiger partial charge in [0.1, 0.15) is 6.10 Å². The zero-order valence-electron chi connectivity index (χ0n) is 17.1. The lowest BCUT2D eigenvalue weighted by atomic mass is 9.87. The van der Waals surface area contributed by atoms with Gasteiger partial charge in [-0.3, -0.25) is 4.79 Å². The zero-order valence-corrected chi connectivity index (χ0v) is 17.1. The molecule has 1 aliphatic rings. The molecule has 0 saturated carbocycles. The number of piperidine rings is 1. The Balaban J connectivity index is 1.52. The van der Waals surface area contributed by atoms with Gasteiger partial charge in [-0.25, -0.2) is 0 Å². The molecule has 1 amide bonds. The molecule has 1 fully saturated rings. The van der Waals surface area contributed by atoms with E-state index in [9.17, 15) is 15.0 Å². The molecule has 4 atom stereocenters. The number of rotatable bonds is 8. The molecule has 0 bridgehead atoms. The summed E-state index contributed by atoms with van der Waals surface area (Å²) in [4.78, 5) is 12.8. The van der Waals surface area contributed by atoms with E-state index in [-0.39, 0.29) is 18.6 Å². The van der Waals surface area contributed by atoms with Gasteiger partial charge in [0, 0.05) is 0 Å². The minimum atomic E-state index is -0.939. The summed E-state index contributed by atoms with van der Waals surface area (Å²) in [6, 6.07) is 16.7. The van der Waals surface area contributed by atoms with Crippen LogP contribution in [0.5, 0.6) is 0 Å². The molecule has 29 heavy (non-hydrogen) atoms. The number of aryl methyl sites for hydroxylation is 2. The highest BCUT2D eigenvalue weighted by molar-refractivity contribution is 5.82. The SMILES string of the molecule is Cc1ccc(CCC2CCNC(C(=O)NC(CO)C(O)c3ccccc3)C2)cc1. The first kappa shape index (κ1) is 21.5. The number of carbonyl (C=O) groups excluding carboxylic acids is 1. The van der Waals surface area contributed by atoms with Crippen LogP contribution in [-0.4, -0.2) is 41.4 Å². The zero-order chi connectivity index (χ0) is 20.6. The van der Waals surface area contributed by atoms with Crippen molar-refractivity contribution >= 4 is 5.91 Å². The van der Waals surface area contributed by atoms with E-state index in [1.54, 1.807) is 12.1 Å². The standard InChI is InChI=1S/C24H32N2O3/c1-17-7-9-18(10-8-17)11-12-19-13-14-25-21(15-19)24(29)26-22(16-27)23(28)20-5-3-2-4-6-20/h2-10,19,21-23,25,27-28H,11-16H2,1H3,(H,26,29). The van der Waals surface area contributed by atoms with E-state index in [0.717, 1.165) is 32.2 Å². The number of amides is 1.